The molecule has 1 aromatic rings. The van der Waals surface area contributed by atoms with Gasteiger partial charge in [-0.1, -0.05) is 18.5 Å². The first-order valence-electron chi connectivity index (χ1n) is 7.38. The van der Waals surface area contributed by atoms with E-state index in [1.54, 1.807) is 0 Å². The van der Waals surface area contributed by atoms with E-state index in [4.69, 9.17) is 16.3 Å². The van der Waals surface area contributed by atoms with Gasteiger partial charge in [0, 0.05) is 26.2 Å². The van der Waals surface area contributed by atoms with Crippen molar-refractivity contribution in [3.05, 3.63) is 22.8 Å². The standard InChI is InChI=1S/C15H24ClN3O/c1-3-8-17-15-7-6-13(16)14(18-15)11-19(2)10-12-5-4-9-20-12/h6-7,12H,3-5,8-11H2,1-2H3,(H,17,18). The van der Waals surface area contributed by atoms with E-state index in [9.17, 15) is 0 Å². The fourth-order valence-corrected chi connectivity index (χ4v) is 2.57. The van der Waals surface area contributed by atoms with E-state index in [-0.39, 0.29) is 0 Å². The minimum absolute atomic E-state index is 0.361. The van der Waals surface area contributed by atoms with Crippen LogP contribution in [-0.2, 0) is 11.3 Å². The number of rotatable bonds is 7. The predicted molar refractivity (Wildman–Crippen MR) is 83.3 cm³/mol. The highest BCUT2D eigenvalue weighted by molar-refractivity contribution is 6.31. The minimum atomic E-state index is 0.361. The van der Waals surface area contributed by atoms with Crippen LogP contribution < -0.4 is 5.32 Å². The van der Waals surface area contributed by atoms with Gasteiger partial charge in [-0.05, 0) is 38.4 Å². The summed E-state index contributed by atoms with van der Waals surface area (Å²) in [6.07, 6.45) is 3.77. The first kappa shape index (κ1) is 15.5. The van der Waals surface area contributed by atoms with Gasteiger partial charge in [-0.25, -0.2) is 4.98 Å². The van der Waals surface area contributed by atoms with Gasteiger partial charge in [0.2, 0.25) is 0 Å². The number of anilines is 1. The van der Waals surface area contributed by atoms with Crippen molar-refractivity contribution in [2.75, 3.05) is 32.1 Å². The summed E-state index contributed by atoms with van der Waals surface area (Å²) in [5, 5.41) is 4.02. The highest BCUT2D eigenvalue weighted by Crippen LogP contribution is 2.19. The fourth-order valence-electron chi connectivity index (χ4n) is 2.40. The van der Waals surface area contributed by atoms with E-state index in [1.807, 2.05) is 12.1 Å². The second-order valence-electron chi connectivity index (χ2n) is 5.38. The molecule has 0 spiro atoms. The average Bonchev–Trinajstić information content (AvgIpc) is 2.92. The van der Waals surface area contributed by atoms with Gasteiger partial charge in [0.15, 0.2) is 0 Å². The summed E-state index contributed by atoms with van der Waals surface area (Å²) >= 11 is 6.24. The molecule has 1 saturated heterocycles. The van der Waals surface area contributed by atoms with Gasteiger partial charge in [0.1, 0.15) is 5.82 Å². The van der Waals surface area contributed by atoms with Gasteiger partial charge < -0.3 is 10.1 Å². The molecule has 1 fully saturated rings. The van der Waals surface area contributed by atoms with Crippen molar-refractivity contribution in [3.8, 4) is 0 Å². The lowest BCUT2D eigenvalue weighted by Crippen LogP contribution is -2.28. The summed E-state index contributed by atoms with van der Waals surface area (Å²) in [5.41, 5.74) is 0.924. The first-order valence-corrected chi connectivity index (χ1v) is 7.76. The summed E-state index contributed by atoms with van der Waals surface area (Å²) in [6, 6.07) is 3.85. The van der Waals surface area contributed by atoms with Gasteiger partial charge in [0.05, 0.1) is 16.8 Å². The molecule has 0 aliphatic carbocycles. The molecule has 2 heterocycles. The summed E-state index contributed by atoms with van der Waals surface area (Å²) in [5.74, 6) is 0.900. The number of likely N-dealkylation sites (N-methyl/N-ethyl adjacent to an activating group) is 1. The van der Waals surface area contributed by atoms with Crippen LogP contribution >= 0.6 is 11.6 Å². The van der Waals surface area contributed by atoms with Crippen molar-refractivity contribution in [1.82, 2.24) is 9.88 Å². The molecule has 0 aromatic carbocycles. The van der Waals surface area contributed by atoms with Crippen LogP contribution in [0.5, 0.6) is 0 Å². The fraction of sp³-hybridized carbons (Fsp3) is 0.667. The Morgan fingerprint density at radius 3 is 3.05 bits per heavy atom. The maximum absolute atomic E-state index is 6.24. The Kier molecular flexibility index (Phi) is 6.07. The van der Waals surface area contributed by atoms with Crippen LogP contribution in [-0.4, -0.2) is 42.7 Å². The normalized spacial score (nSPS) is 18.7. The van der Waals surface area contributed by atoms with Crippen molar-refractivity contribution in [3.63, 3.8) is 0 Å². The molecule has 5 heteroatoms. The Bertz CT molecular complexity index is 422. The molecule has 1 aliphatic rings. The lowest BCUT2D eigenvalue weighted by atomic mass is 10.2. The van der Waals surface area contributed by atoms with E-state index >= 15 is 0 Å². The van der Waals surface area contributed by atoms with Gasteiger partial charge in [-0.2, -0.15) is 0 Å². The molecular weight excluding hydrogens is 274 g/mol. The van der Waals surface area contributed by atoms with Crippen LogP contribution in [0.15, 0.2) is 12.1 Å². The van der Waals surface area contributed by atoms with E-state index in [2.05, 4.69) is 29.2 Å². The third-order valence-electron chi connectivity index (χ3n) is 3.43. The van der Waals surface area contributed by atoms with E-state index < -0.39 is 0 Å². The van der Waals surface area contributed by atoms with Crippen molar-refractivity contribution in [2.45, 2.75) is 38.8 Å². The second kappa shape index (κ2) is 7.81. The van der Waals surface area contributed by atoms with E-state index in [0.717, 1.165) is 55.6 Å². The maximum atomic E-state index is 6.24. The number of ether oxygens (including phenoxy) is 1. The monoisotopic (exact) mass is 297 g/mol. The highest BCUT2D eigenvalue weighted by Gasteiger charge is 2.18. The van der Waals surface area contributed by atoms with Crippen LogP contribution in [0.25, 0.3) is 0 Å². The molecule has 1 unspecified atom stereocenters. The molecule has 1 aromatic heterocycles. The number of nitrogens with zero attached hydrogens (tertiary/aromatic N) is 2. The number of nitrogens with one attached hydrogen (secondary N) is 1. The van der Waals surface area contributed by atoms with E-state index in [1.165, 1.54) is 6.42 Å². The SMILES string of the molecule is CCCNc1ccc(Cl)c(CN(C)CC2CCCO2)n1. The van der Waals surface area contributed by atoms with Crippen LogP contribution in [0.3, 0.4) is 0 Å². The average molecular weight is 298 g/mol. The Labute approximate surface area is 126 Å². The highest BCUT2D eigenvalue weighted by atomic mass is 35.5. The quantitative estimate of drug-likeness (QED) is 0.839. The number of hydrogen-bond acceptors (Lipinski definition) is 4. The largest absolute Gasteiger partial charge is 0.377 e. The van der Waals surface area contributed by atoms with Gasteiger partial charge in [-0.15, -0.1) is 0 Å². The second-order valence-corrected chi connectivity index (χ2v) is 5.79. The number of aromatic nitrogens is 1. The molecule has 112 valence electrons. The zero-order valence-corrected chi connectivity index (χ0v) is 13.1. The first-order chi connectivity index (χ1) is 9.69. The molecular formula is C15H24ClN3O. The lowest BCUT2D eigenvalue weighted by Gasteiger charge is -2.20. The van der Waals surface area contributed by atoms with Crippen LogP contribution in [0.4, 0.5) is 5.82 Å². The minimum Gasteiger partial charge on any atom is -0.377 e. The number of hydrogen-bond donors (Lipinski definition) is 1. The topological polar surface area (TPSA) is 37.4 Å². The van der Waals surface area contributed by atoms with Crippen molar-refractivity contribution >= 4 is 17.4 Å². The predicted octanol–water partition coefficient (Wildman–Crippen LogP) is 3.17. The third-order valence-corrected chi connectivity index (χ3v) is 3.78. The zero-order chi connectivity index (χ0) is 14.4. The molecule has 1 aliphatic heterocycles. The maximum Gasteiger partial charge on any atom is 0.126 e. The smallest absolute Gasteiger partial charge is 0.126 e. The molecule has 0 saturated carbocycles. The Morgan fingerprint density at radius 2 is 2.35 bits per heavy atom. The molecule has 0 amide bonds. The Hall–Kier alpha value is -0.840. The number of halogens is 1. The van der Waals surface area contributed by atoms with Gasteiger partial charge >= 0.3 is 0 Å². The van der Waals surface area contributed by atoms with Crippen molar-refractivity contribution < 1.29 is 4.74 Å². The summed E-state index contributed by atoms with van der Waals surface area (Å²) < 4.78 is 5.66. The van der Waals surface area contributed by atoms with Crippen LogP contribution in [0, 0.1) is 0 Å². The summed E-state index contributed by atoms with van der Waals surface area (Å²) in [7, 11) is 2.09. The molecule has 1 atom stereocenters. The van der Waals surface area contributed by atoms with Crippen molar-refractivity contribution in [1.29, 1.82) is 0 Å². The summed E-state index contributed by atoms with van der Waals surface area (Å²) in [6.45, 7) is 5.65. The van der Waals surface area contributed by atoms with Crippen LogP contribution in [0.1, 0.15) is 31.9 Å². The van der Waals surface area contributed by atoms with Gasteiger partial charge in [0.25, 0.3) is 0 Å². The molecule has 20 heavy (non-hydrogen) atoms. The number of pyridine rings is 1. The van der Waals surface area contributed by atoms with E-state index in [0.29, 0.717) is 6.10 Å². The Balaban J connectivity index is 1.92. The molecule has 0 bridgehead atoms. The third kappa shape index (κ3) is 4.62. The molecule has 2 rings (SSSR count). The lowest BCUT2D eigenvalue weighted by molar-refractivity contribution is 0.0790. The molecule has 4 nitrogen and oxygen atoms in total. The Morgan fingerprint density at radius 1 is 1.50 bits per heavy atom. The molecule has 1 N–H and O–H groups in total. The summed E-state index contributed by atoms with van der Waals surface area (Å²) in [4.78, 5) is 6.83. The molecule has 0 radical (unpaired) electrons. The zero-order valence-electron chi connectivity index (χ0n) is 12.4. The van der Waals surface area contributed by atoms with Gasteiger partial charge in [-0.3, -0.25) is 4.90 Å². The van der Waals surface area contributed by atoms with Crippen LogP contribution in [0.2, 0.25) is 5.02 Å². The van der Waals surface area contributed by atoms with Crippen molar-refractivity contribution in [2.24, 2.45) is 0 Å².